The molecular formula is C12H25F2NO2S. The molecule has 0 amide bonds. The molecule has 0 spiro atoms. The number of alkyl halides is 2. The Hall–Kier alpha value is -0.230. The molecule has 0 aromatic heterocycles. The first-order chi connectivity index (χ1) is 8.08. The van der Waals surface area contributed by atoms with Gasteiger partial charge in [-0.25, -0.2) is 21.5 Å². The zero-order valence-corrected chi connectivity index (χ0v) is 12.6. The summed E-state index contributed by atoms with van der Waals surface area (Å²) in [5, 5.41) is 0. The van der Waals surface area contributed by atoms with Crippen molar-refractivity contribution in [2.75, 3.05) is 18.8 Å². The number of nitrogens with zero attached hydrogens (tertiary/aromatic N) is 1. The molecule has 0 aromatic carbocycles. The molecule has 0 saturated carbocycles. The van der Waals surface area contributed by atoms with Gasteiger partial charge in [-0.3, -0.25) is 0 Å². The first-order valence-corrected chi connectivity index (χ1v) is 7.95. The molecule has 0 fully saturated rings. The van der Waals surface area contributed by atoms with E-state index in [9.17, 15) is 17.2 Å². The summed E-state index contributed by atoms with van der Waals surface area (Å²) in [5.41, 5.74) is 0.0320. The second kappa shape index (κ2) is 7.38. The van der Waals surface area contributed by atoms with E-state index in [-0.39, 0.29) is 5.41 Å². The number of halogens is 2. The summed E-state index contributed by atoms with van der Waals surface area (Å²) in [6.07, 6.45) is -1.73. The van der Waals surface area contributed by atoms with E-state index >= 15 is 0 Å². The third kappa shape index (κ3) is 7.97. The molecule has 3 nitrogen and oxygen atoms in total. The quantitative estimate of drug-likeness (QED) is 0.687. The smallest absolute Gasteiger partial charge is 0.212 e. The van der Waals surface area contributed by atoms with Gasteiger partial charge in [0, 0.05) is 19.5 Å². The highest BCUT2D eigenvalue weighted by Gasteiger charge is 2.24. The van der Waals surface area contributed by atoms with Crippen LogP contribution in [0.25, 0.3) is 0 Å². The van der Waals surface area contributed by atoms with Crippen LogP contribution >= 0.6 is 0 Å². The van der Waals surface area contributed by atoms with Crippen LogP contribution in [0, 0.1) is 5.41 Å². The highest BCUT2D eigenvalue weighted by molar-refractivity contribution is 7.89. The second-order valence-electron chi connectivity index (χ2n) is 5.71. The van der Waals surface area contributed by atoms with Crippen molar-refractivity contribution in [3.8, 4) is 0 Å². The van der Waals surface area contributed by atoms with Gasteiger partial charge in [0.05, 0.1) is 5.75 Å². The van der Waals surface area contributed by atoms with Gasteiger partial charge in [-0.1, -0.05) is 27.7 Å². The standard InChI is InChI=1S/C12H25F2NO2S/c1-5-8-15(9-7-12(2,3)4)18(16,17)10-6-11(13)14/h11H,5-10H2,1-4H3. The fraction of sp³-hybridized carbons (Fsp3) is 1.00. The number of hydrogen-bond donors (Lipinski definition) is 0. The van der Waals surface area contributed by atoms with Crippen LogP contribution in [0.15, 0.2) is 0 Å². The summed E-state index contributed by atoms with van der Waals surface area (Å²) in [7, 11) is -3.55. The molecule has 0 saturated heterocycles. The van der Waals surface area contributed by atoms with E-state index in [2.05, 4.69) is 0 Å². The Morgan fingerprint density at radius 2 is 1.72 bits per heavy atom. The Morgan fingerprint density at radius 1 is 1.17 bits per heavy atom. The lowest BCUT2D eigenvalue weighted by atomic mass is 9.92. The monoisotopic (exact) mass is 285 g/mol. The maximum absolute atomic E-state index is 12.1. The summed E-state index contributed by atoms with van der Waals surface area (Å²) in [6, 6.07) is 0. The largest absolute Gasteiger partial charge is 0.239 e. The van der Waals surface area contributed by atoms with Crippen molar-refractivity contribution in [3.05, 3.63) is 0 Å². The number of hydrogen-bond acceptors (Lipinski definition) is 2. The van der Waals surface area contributed by atoms with Crippen molar-refractivity contribution in [2.24, 2.45) is 5.41 Å². The predicted molar refractivity (Wildman–Crippen MR) is 70.3 cm³/mol. The maximum Gasteiger partial charge on any atom is 0.239 e. The fourth-order valence-electron chi connectivity index (χ4n) is 1.47. The first-order valence-electron chi connectivity index (χ1n) is 6.34. The maximum atomic E-state index is 12.1. The van der Waals surface area contributed by atoms with Gasteiger partial charge in [-0.05, 0) is 18.3 Å². The average Bonchev–Trinajstić information content (AvgIpc) is 2.20. The van der Waals surface area contributed by atoms with E-state index in [1.807, 2.05) is 27.7 Å². The number of rotatable bonds is 8. The average molecular weight is 285 g/mol. The molecule has 0 radical (unpaired) electrons. The van der Waals surface area contributed by atoms with E-state index in [0.29, 0.717) is 19.5 Å². The van der Waals surface area contributed by atoms with E-state index in [4.69, 9.17) is 0 Å². The third-order valence-corrected chi connectivity index (χ3v) is 4.48. The van der Waals surface area contributed by atoms with Crippen LogP contribution in [0.3, 0.4) is 0 Å². The van der Waals surface area contributed by atoms with Crippen molar-refractivity contribution in [1.82, 2.24) is 4.31 Å². The molecular weight excluding hydrogens is 260 g/mol. The van der Waals surface area contributed by atoms with Gasteiger partial charge in [-0.15, -0.1) is 0 Å². The Bertz CT molecular complexity index is 323. The lowest BCUT2D eigenvalue weighted by Crippen LogP contribution is -2.36. The first kappa shape index (κ1) is 17.8. The van der Waals surface area contributed by atoms with Crippen LogP contribution in [0.2, 0.25) is 0 Å². The van der Waals surface area contributed by atoms with Crippen LogP contribution < -0.4 is 0 Å². The molecule has 110 valence electrons. The van der Waals surface area contributed by atoms with Crippen molar-refractivity contribution in [3.63, 3.8) is 0 Å². The topological polar surface area (TPSA) is 37.4 Å². The summed E-state index contributed by atoms with van der Waals surface area (Å²) in [4.78, 5) is 0. The molecule has 18 heavy (non-hydrogen) atoms. The Kier molecular flexibility index (Phi) is 7.29. The van der Waals surface area contributed by atoms with E-state index < -0.39 is 28.6 Å². The van der Waals surface area contributed by atoms with Gasteiger partial charge in [0.25, 0.3) is 0 Å². The van der Waals surface area contributed by atoms with E-state index in [1.54, 1.807) is 0 Å². The van der Waals surface area contributed by atoms with Gasteiger partial charge in [-0.2, -0.15) is 0 Å². The SMILES string of the molecule is CCCN(CCC(C)(C)C)S(=O)(=O)CCC(F)F. The Balaban J connectivity index is 4.56. The highest BCUT2D eigenvalue weighted by Crippen LogP contribution is 2.20. The van der Waals surface area contributed by atoms with Gasteiger partial charge in [0.2, 0.25) is 16.4 Å². The highest BCUT2D eigenvalue weighted by atomic mass is 32.2. The number of sulfonamides is 1. The molecule has 0 atom stereocenters. The molecule has 0 rings (SSSR count). The van der Waals surface area contributed by atoms with Gasteiger partial charge < -0.3 is 0 Å². The van der Waals surface area contributed by atoms with Gasteiger partial charge in [0.1, 0.15) is 0 Å². The zero-order valence-electron chi connectivity index (χ0n) is 11.7. The summed E-state index contributed by atoms with van der Waals surface area (Å²) >= 11 is 0. The molecule has 0 bridgehead atoms. The molecule has 0 aliphatic heterocycles. The molecule has 0 aromatic rings. The Labute approximate surface area is 110 Å². The van der Waals surface area contributed by atoms with Crippen LogP contribution in [0.5, 0.6) is 0 Å². The minimum Gasteiger partial charge on any atom is -0.212 e. The van der Waals surface area contributed by atoms with Crippen LogP contribution in [-0.4, -0.2) is 38.0 Å². The van der Waals surface area contributed by atoms with Crippen LogP contribution in [0.4, 0.5) is 8.78 Å². The van der Waals surface area contributed by atoms with E-state index in [0.717, 1.165) is 6.42 Å². The zero-order chi connectivity index (χ0) is 14.4. The molecule has 0 aliphatic carbocycles. The third-order valence-electron chi connectivity index (χ3n) is 2.57. The van der Waals surface area contributed by atoms with Crippen LogP contribution in [-0.2, 0) is 10.0 Å². The van der Waals surface area contributed by atoms with E-state index in [1.165, 1.54) is 4.31 Å². The molecule has 0 unspecified atom stereocenters. The molecule has 0 aliphatic rings. The normalized spacial score (nSPS) is 13.6. The second-order valence-corrected chi connectivity index (χ2v) is 7.79. The lowest BCUT2D eigenvalue weighted by molar-refractivity contribution is 0.144. The van der Waals surface area contributed by atoms with Crippen molar-refractivity contribution < 1.29 is 17.2 Å². The van der Waals surface area contributed by atoms with Crippen LogP contribution in [0.1, 0.15) is 47.0 Å². The van der Waals surface area contributed by atoms with Crippen molar-refractivity contribution >= 4 is 10.0 Å². The lowest BCUT2D eigenvalue weighted by Gasteiger charge is -2.26. The van der Waals surface area contributed by atoms with Gasteiger partial charge >= 0.3 is 0 Å². The molecule has 0 heterocycles. The minimum absolute atomic E-state index is 0.0320. The summed E-state index contributed by atoms with van der Waals surface area (Å²) in [6.45, 7) is 8.78. The molecule has 6 heteroatoms. The molecule has 0 N–H and O–H groups in total. The van der Waals surface area contributed by atoms with Crippen molar-refractivity contribution in [1.29, 1.82) is 0 Å². The summed E-state index contributed by atoms with van der Waals surface area (Å²) in [5.74, 6) is -0.463. The minimum atomic E-state index is -3.55. The van der Waals surface area contributed by atoms with Gasteiger partial charge in [0.15, 0.2) is 0 Å². The Morgan fingerprint density at radius 3 is 2.11 bits per heavy atom. The van der Waals surface area contributed by atoms with Crippen molar-refractivity contribution in [2.45, 2.75) is 53.4 Å². The predicted octanol–water partition coefficient (Wildman–Crippen LogP) is 3.12. The summed E-state index contributed by atoms with van der Waals surface area (Å²) < 4.78 is 49.4. The fourth-order valence-corrected chi connectivity index (χ4v) is 3.03.